The molecular weight excluding hydrogens is 397 g/mol. The molecule has 9 heteroatoms. The Hall–Kier alpha value is -3.33. The van der Waals surface area contributed by atoms with Gasteiger partial charge in [-0.25, -0.2) is 9.37 Å². The fourth-order valence-electron chi connectivity index (χ4n) is 2.57. The summed E-state index contributed by atoms with van der Waals surface area (Å²) in [6, 6.07) is 8.78. The minimum Gasteiger partial charge on any atom is -0.466 e. The van der Waals surface area contributed by atoms with E-state index in [9.17, 15) is 18.8 Å². The predicted molar refractivity (Wildman–Crippen MR) is 107 cm³/mol. The second-order valence-corrected chi connectivity index (χ2v) is 6.91. The lowest BCUT2D eigenvalue weighted by atomic mass is 10.2. The molecule has 7 nitrogen and oxygen atoms in total. The van der Waals surface area contributed by atoms with E-state index in [0.29, 0.717) is 16.4 Å². The van der Waals surface area contributed by atoms with Gasteiger partial charge in [-0.1, -0.05) is 18.2 Å². The molecule has 0 radical (unpaired) electrons. The van der Waals surface area contributed by atoms with Crippen LogP contribution < -0.4 is 10.9 Å². The summed E-state index contributed by atoms with van der Waals surface area (Å²) in [6.45, 7) is 2.01. The molecule has 0 aliphatic heterocycles. The lowest BCUT2D eigenvalue weighted by molar-refractivity contribution is -0.142. The van der Waals surface area contributed by atoms with Crippen molar-refractivity contribution in [2.24, 2.45) is 0 Å². The number of thiazole rings is 1. The van der Waals surface area contributed by atoms with Crippen molar-refractivity contribution in [3.05, 3.63) is 81.0 Å². The zero-order valence-corrected chi connectivity index (χ0v) is 16.4. The number of ether oxygens (including phenoxy) is 1. The highest BCUT2D eigenvalue weighted by atomic mass is 32.1. The van der Waals surface area contributed by atoms with Gasteiger partial charge in [0.1, 0.15) is 5.82 Å². The first-order chi connectivity index (χ1) is 14.0. The molecule has 0 atom stereocenters. The summed E-state index contributed by atoms with van der Waals surface area (Å²) in [5.41, 5.74) is 0.711. The summed E-state index contributed by atoms with van der Waals surface area (Å²) in [7, 11) is 0. The van der Waals surface area contributed by atoms with Gasteiger partial charge < -0.3 is 9.30 Å². The maximum absolute atomic E-state index is 13.9. The van der Waals surface area contributed by atoms with Crippen molar-refractivity contribution in [2.75, 3.05) is 11.9 Å². The van der Waals surface area contributed by atoms with Crippen LogP contribution in [0.1, 0.15) is 28.5 Å². The second kappa shape index (κ2) is 9.24. The van der Waals surface area contributed by atoms with Crippen LogP contribution in [0.5, 0.6) is 0 Å². The van der Waals surface area contributed by atoms with Gasteiger partial charge in [0, 0.05) is 23.2 Å². The maximum Gasteiger partial charge on any atom is 0.311 e. The van der Waals surface area contributed by atoms with E-state index in [1.54, 1.807) is 30.5 Å². The van der Waals surface area contributed by atoms with Crippen molar-refractivity contribution in [3.8, 4) is 0 Å². The molecule has 0 aliphatic rings. The fraction of sp³-hybridized carbons (Fsp3) is 0.200. The van der Waals surface area contributed by atoms with Crippen LogP contribution in [0, 0.1) is 5.82 Å². The monoisotopic (exact) mass is 415 g/mol. The molecule has 0 saturated carbocycles. The lowest BCUT2D eigenvalue weighted by Crippen LogP contribution is -2.23. The summed E-state index contributed by atoms with van der Waals surface area (Å²) in [4.78, 5) is 40.3. The number of benzene rings is 1. The van der Waals surface area contributed by atoms with Crippen LogP contribution in [0.4, 0.5) is 9.52 Å². The summed E-state index contributed by atoms with van der Waals surface area (Å²) in [5, 5.41) is 4.61. The van der Waals surface area contributed by atoms with E-state index in [0.717, 1.165) is 0 Å². The Labute approximate surface area is 169 Å². The Bertz CT molecular complexity index is 1090. The van der Waals surface area contributed by atoms with Crippen molar-refractivity contribution < 1.29 is 18.7 Å². The first kappa shape index (κ1) is 20.4. The number of nitrogens with one attached hydrogen (secondary N) is 1. The Kier molecular flexibility index (Phi) is 6.50. The van der Waals surface area contributed by atoms with E-state index in [2.05, 4.69) is 10.3 Å². The lowest BCUT2D eigenvalue weighted by Gasteiger charge is -2.09. The third-order valence-corrected chi connectivity index (χ3v) is 4.75. The van der Waals surface area contributed by atoms with Crippen LogP contribution in [0.2, 0.25) is 0 Å². The second-order valence-electron chi connectivity index (χ2n) is 6.06. The van der Waals surface area contributed by atoms with Crippen molar-refractivity contribution in [2.45, 2.75) is 19.9 Å². The quantitative estimate of drug-likeness (QED) is 0.600. The molecule has 0 bridgehead atoms. The third kappa shape index (κ3) is 5.35. The number of halogens is 1. The van der Waals surface area contributed by atoms with Crippen LogP contribution in [-0.2, 0) is 22.5 Å². The van der Waals surface area contributed by atoms with Gasteiger partial charge in [0.25, 0.3) is 11.5 Å². The number of aromatic nitrogens is 2. The fourth-order valence-corrected chi connectivity index (χ4v) is 3.28. The van der Waals surface area contributed by atoms with Gasteiger partial charge in [-0.15, -0.1) is 11.3 Å². The van der Waals surface area contributed by atoms with Crippen LogP contribution in [0.25, 0.3) is 0 Å². The average molecular weight is 415 g/mol. The highest BCUT2D eigenvalue weighted by Gasteiger charge is 2.13. The highest BCUT2D eigenvalue weighted by molar-refractivity contribution is 7.14. The van der Waals surface area contributed by atoms with Gasteiger partial charge in [0.15, 0.2) is 5.13 Å². The molecule has 1 N–H and O–H groups in total. The van der Waals surface area contributed by atoms with Gasteiger partial charge in [-0.05, 0) is 19.1 Å². The molecule has 0 unspecified atom stereocenters. The number of hydrogen-bond donors (Lipinski definition) is 1. The van der Waals surface area contributed by atoms with Crippen molar-refractivity contribution in [1.82, 2.24) is 9.55 Å². The molecule has 0 spiro atoms. The molecule has 2 heterocycles. The SMILES string of the molecule is CCOC(=O)Cc1csc(NC(=O)c2ccc(=O)n(Cc3ccccc3F)c2)n1. The Balaban J connectivity index is 1.72. The molecule has 3 aromatic rings. The first-order valence-corrected chi connectivity index (χ1v) is 9.69. The molecule has 1 aromatic carbocycles. The first-order valence-electron chi connectivity index (χ1n) is 8.81. The van der Waals surface area contributed by atoms with Gasteiger partial charge in [0.2, 0.25) is 0 Å². The number of rotatable bonds is 7. The molecule has 3 rings (SSSR count). The van der Waals surface area contributed by atoms with Crippen LogP contribution in [0.15, 0.2) is 52.8 Å². The van der Waals surface area contributed by atoms with Crippen molar-refractivity contribution in [1.29, 1.82) is 0 Å². The molecule has 150 valence electrons. The summed E-state index contributed by atoms with van der Waals surface area (Å²) in [5.74, 6) is -1.29. The number of carbonyl (C=O) groups excluding carboxylic acids is 2. The number of nitrogens with zero attached hydrogens (tertiary/aromatic N) is 2. The number of carbonyl (C=O) groups is 2. The normalized spacial score (nSPS) is 10.6. The third-order valence-electron chi connectivity index (χ3n) is 3.95. The van der Waals surface area contributed by atoms with E-state index in [1.807, 2.05) is 0 Å². The van der Waals surface area contributed by atoms with Gasteiger partial charge in [-0.2, -0.15) is 0 Å². The zero-order chi connectivity index (χ0) is 20.8. The number of amides is 1. The Morgan fingerprint density at radius 2 is 2.03 bits per heavy atom. The molecule has 1 amide bonds. The topological polar surface area (TPSA) is 90.3 Å². The van der Waals surface area contributed by atoms with Crippen LogP contribution >= 0.6 is 11.3 Å². The summed E-state index contributed by atoms with van der Waals surface area (Å²) >= 11 is 1.18. The van der Waals surface area contributed by atoms with E-state index in [-0.39, 0.29) is 30.7 Å². The molecule has 2 aromatic heterocycles. The van der Waals surface area contributed by atoms with E-state index >= 15 is 0 Å². The number of esters is 1. The Morgan fingerprint density at radius 1 is 1.24 bits per heavy atom. The molecular formula is C20H18FN3O4S. The average Bonchev–Trinajstić information content (AvgIpc) is 3.12. The van der Waals surface area contributed by atoms with Gasteiger partial charge in [0.05, 0.1) is 30.8 Å². The largest absolute Gasteiger partial charge is 0.466 e. The Morgan fingerprint density at radius 3 is 2.79 bits per heavy atom. The van der Waals surface area contributed by atoms with Crippen molar-refractivity contribution >= 4 is 28.3 Å². The molecule has 0 saturated heterocycles. The summed E-state index contributed by atoms with van der Waals surface area (Å²) < 4.78 is 20.0. The van der Waals surface area contributed by atoms with Gasteiger partial charge >= 0.3 is 5.97 Å². The number of hydrogen-bond acceptors (Lipinski definition) is 6. The van der Waals surface area contributed by atoms with Gasteiger partial charge in [-0.3, -0.25) is 19.7 Å². The van der Waals surface area contributed by atoms with E-state index < -0.39 is 17.7 Å². The van der Waals surface area contributed by atoms with Crippen LogP contribution in [-0.4, -0.2) is 28.0 Å². The summed E-state index contributed by atoms with van der Waals surface area (Å²) in [6.07, 6.45) is 1.39. The highest BCUT2D eigenvalue weighted by Crippen LogP contribution is 2.17. The van der Waals surface area contributed by atoms with Crippen LogP contribution in [0.3, 0.4) is 0 Å². The number of pyridine rings is 1. The predicted octanol–water partition coefficient (Wildman–Crippen LogP) is 2.85. The molecule has 0 aliphatic carbocycles. The van der Waals surface area contributed by atoms with E-state index in [1.165, 1.54) is 40.3 Å². The minimum atomic E-state index is -0.468. The smallest absolute Gasteiger partial charge is 0.311 e. The maximum atomic E-state index is 13.9. The van der Waals surface area contributed by atoms with E-state index in [4.69, 9.17) is 4.74 Å². The minimum absolute atomic E-state index is 0.00751. The zero-order valence-electron chi connectivity index (χ0n) is 15.6. The standard InChI is InChI=1S/C20H18FN3O4S/c1-2-28-18(26)9-15-12-29-20(22-15)23-19(27)14-7-8-17(25)24(11-14)10-13-5-3-4-6-16(13)21/h3-8,11-12H,2,9-10H2,1H3,(H,22,23,27). The molecule has 0 fully saturated rings. The number of anilines is 1. The van der Waals surface area contributed by atoms with Crippen molar-refractivity contribution in [3.63, 3.8) is 0 Å². The molecule has 29 heavy (non-hydrogen) atoms.